The summed E-state index contributed by atoms with van der Waals surface area (Å²) < 4.78 is 128. The Labute approximate surface area is 250 Å². The van der Waals surface area contributed by atoms with Crippen LogP contribution in [0.25, 0.3) is 0 Å². The Kier molecular flexibility index (Phi) is 20.4. The van der Waals surface area contributed by atoms with Crippen LogP contribution in [-0.4, -0.2) is 137 Å². The van der Waals surface area contributed by atoms with Crippen LogP contribution in [-0.2, 0) is 50.0 Å². The first kappa shape index (κ1) is 41.0. The minimum atomic E-state index is -4.16. The lowest BCUT2D eigenvalue weighted by molar-refractivity contribution is -0.144. The van der Waals surface area contributed by atoms with E-state index in [2.05, 4.69) is 0 Å². The summed E-state index contributed by atoms with van der Waals surface area (Å²) in [7, 11) is -16.4. The van der Waals surface area contributed by atoms with Crippen LogP contribution in [0.5, 0.6) is 0 Å². The maximum atomic E-state index is 12.1. The van der Waals surface area contributed by atoms with Crippen molar-refractivity contribution in [2.45, 2.75) is 64.2 Å². The lowest BCUT2D eigenvalue weighted by Crippen LogP contribution is -2.38. The molecular formula is C22H46N2O14S4. The Hall–Kier alpha value is -0.970. The van der Waals surface area contributed by atoms with E-state index in [0.29, 0.717) is 64.8 Å². The van der Waals surface area contributed by atoms with E-state index in [1.165, 1.54) is 0 Å². The molecule has 0 aromatic heterocycles. The molecular weight excluding hydrogens is 645 g/mol. The molecule has 0 aliphatic rings. The summed E-state index contributed by atoms with van der Waals surface area (Å²) in [4.78, 5) is 16.1. The standard InChI is InChI=1S/C22H46N2O14S4/c25-22(38-17-9-21-42(35,36)37)10-14-24(12-4-2-7-19-40(29,30)31)16-15-23(13-5-8-20-41(32,33)34)11-3-1-6-18-39(26,27)28/h1-21H2,(H,26,27,28)(H,29,30,31)(H,32,33,34)(H,35,36,37). The molecule has 0 aromatic carbocycles. The third-order valence-electron chi connectivity index (χ3n) is 6.05. The third-order valence-corrected chi connectivity index (χ3v) is 9.27. The number of nitrogens with zero attached hydrogens (tertiary/aromatic N) is 2. The Balaban J connectivity index is 5.03. The molecule has 4 N–H and O–H groups in total. The molecule has 20 heteroatoms. The zero-order chi connectivity index (χ0) is 32.3. The number of ether oxygens (including phenoxy) is 1. The monoisotopic (exact) mass is 690 g/mol. The lowest BCUT2D eigenvalue weighted by atomic mass is 10.2. The minimum Gasteiger partial charge on any atom is -0.466 e. The van der Waals surface area contributed by atoms with Crippen molar-refractivity contribution in [2.75, 3.05) is 68.9 Å². The molecule has 0 saturated carbocycles. The number of unbranched alkanes of at least 4 members (excludes halogenated alkanes) is 5. The highest BCUT2D eigenvalue weighted by Gasteiger charge is 2.14. The maximum Gasteiger partial charge on any atom is 0.307 e. The molecule has 42 heavy (non-hydrogen) atoms. The number of hydrogen-bond acceptors (Lipinski definition) is 12. The van der Waals surface area contributed by atoms with Gasteiger partial charge in [-0.2, -0.15) is 33.7 Å². The van der Waals surface area contributed by atoms with Crippen molar-refractivity contribution in [1.29, 1.82) is 0 Å². The second-order valence-corrected chi connectivity index (χ2v) is 16.3. The third kappa shape index (κ3) is 30.5. The second kappa shape index (κ2) is 20.9. The first-order valence-corrected chi connectivity index (χ1v) is 20.1. The molecule has 0 heterocycles. The fourth-order valence-corrected chi connectivity index (χ4v) is 6.11. The summed E-state index contributed by atoms with van der Waals surface area (Å²) >= 11 is 0. The van der Waals surface area contributed by atoms with E-state index in [1.807, 2.05) is 9.80 Å². The largest absolute Gasteiger partial charge is 0.466 e. The van der Waals surface area contributed by atoms with Gasteiger partial charge in [0.2, 0.25) is 0 Å². The molecule has 0 aliphatic heterocycles. The van der Waals surface area contributed by atoms with Crippen molar-refractivity contribution in [3.63, 3.8) is 0 Å². The summed E-state index contributed by atoms with van der Waals surface area (Å²) in [6, 6.07) is 0. The summed E-state index contributed by atoms with van der Waals surface area (Å²) in [6.07, 6.45) is 3.38. The van der Waals surface area contributed by atoms with E-state index in [4.69, 9.17) is 22.9 Å². The van der Waals surface area contributed by atoms with Gasteiger partial charge in [-0.1, -0.05) is 12.8 Å². The van der Waals surface area contributed by atoms with Crippen molar-refractivity contribution in [1.82, 2.24) is 9.80 Å². The van der Waals surface area contributed by atoms with Gasteiger partial charge in [-0.15, -0.1) is 0 Å². The van der Waals surface area contributed by atoms with Gasteiger partial charge in [0.05, 0.1) is 36.0 Å². The van der Waals surface area contributed by atoms with Gasteiger partial charge in [0.15, 0.2) is 0 Å². The maximum absolute atomic E-state index is 12.1. The van der Waals surface area contributed by atoms with E-state index >= 15 is 0 Å². The molecule has 0 unspecified atom stereocenters. The molecule has 0 spiro atoms. The first-order valence-electron chi connectivity index (χ1n) is 13.7. The Morgan fingerprint density at radius 2 is 0.786 bits per heavy atom. The van der Waals surface area contributed by atoms with E-state index < -0.39 is 52.2 Å². The summed E-state index contributed by atoms with van der Waals surface area (Å²) in [5, 5.41) is 0. The van der Waals surface area contributed by atoms with Gasteiger partial charge in [0.25, 0.3) is 40.5 Å². The van der Waals surface area contributed by atoms with Gasteiger partial charge < -0.3 is 14.5 Å². The lowest BCUT2D eigenvalue weighted by Gasteiger charge is -2.28. The normalized spacial score (nSPS) is 13.2. The number of carbonyl (C=O) groups excluding carboxylic acids is 1. The average molecular weight is 691 g/mol. The van der Waals surface area contributed by atoms with Crippen molar-refractivity contribution < 1.29 is 61.4 Å². The first-order chi connectivity index (χ1) is 19.3. The van der Waals surface area contributed by atoms with Gasteiger partial charge in [0.1, 0.15) is 0 Å². The van der Waals surface area contributed by atoms with E-state index in [0.717, 1.165) is 0 Å². The molecule has 0 fully saturated rings. The van der Waals surface area contributed by atoms with Crippen LogP contribution in [0, 0.1) is 0 Å². The Morgan fingerprint density at radius 1 is 0.452 bits per heavy atom. The highest BCUT2D eigenvalue weighted by atomic mass is 32.2. The van der Waals surface area contributed by atoms with Crippen LogP contribution in [0.4, 0.5) is 0 Å². The second-order valence-electron chi connectivity index (χ2n) is 9.98. The smallest absolute Gasteiger partial charge is 0.307 e. The van der Waals surface area contributed by atoms with Crippen LogP contribution in [0.2, 0.25) is 0 Å². The highest BCUT2D eigenvalue weighted by Crippen LogP contribution is 2.07. The van der Waals surface area contributed by atoms with Crippen LogP contribution >= 0.6 is 0 Å². The minimum absolute atomic E-state index is 0.0130. The van der Waals surface area contributed by atoms with Gasteiger partial charge in [-0.25, -0.2) is 0 Å². The fourth-order valence-electron chi connectivity index (χ4n) is 3.92. The molecule has 0 amide bonds. The zero-order valence-corrected chi connectivity index (χ0v) is 27.0. The Morgan fingerprint density at radius 3 is 1.19 bits per heavy atom. The predicted molar refractivity (Wildman–Crippen MR) is 156 cm³/mol. The average Bonchev–Trinajstić information content (AvgIpc) is 2.81. The fraction of sp³-hybridized carbons (Fsp3) is 0.955. The molecule has 252 valence electrons. The van der Waals surface area contributed by atoms with Gasteiger partial charge in [-0.3, -0.25) is 23.0 Å². The van der Waals surface area contributed by atoms with Gasteiger partial charge in [0, 0.05) is 19.6 Å². The van der Waals surface area contributed by atoms with Crippen LogP contribution in [0.1, 0.15) is 64.2 Å². The molecule has 0 rings (SSSR count). The number of rotatable bonds is 27. The van der Waals surface area contributed by atoms with Crippen molar-refractivity contribution in [3.8, 4) is 0 Å². The van der Waals surface area contributed by atoms with Gasteiger partial charge >= 0.3 is 5.97 Å². The van der Waals surface area contributed by atoms with Gasteiger partial charge in [-0.05, 0) is 64.6 Å². The highest BCUT2D eigenvalue weighted by molar-refractivity contribution is 7.86. The predicted octanol–water partition coefficient (Wildman–Crippen LogP) is 0.586. The van der Waals surface area contributed by atoms with Crippen LogP contribution < -0.4 is 0 Å². The quantitative estimate of drug-likeness (QED) is 0.0523. The number of carbonyl (C=O) groups is 1. The zero-order valence-electron chi connectivity index (χ0n) is 23.7. The van der Waals surface area contributed by atoms with Crippen molar-refractivity contribution >= 4 is 46.4 Å². The number of esters is 1. The molecule has 0 radical (unpaired) electrons. The summed E-state index contributed by atoms with van der Waals surface area (Å²) in [6.45, 7) is 2.60. The molecule has 0 aliphatic carbocycles. The van der Waals surface area contributed by atoms with E-state index in [1.54, 1.807) is 0 Å². The molecule has 0 atom stereocenters. The number of hydrogen-bond donors (Lipinski definition) is 4. The molecule has 0 bridgehead atoms. The molecule has 16 nitrogen and oxygen atoms in total. The van der Waals surface area contributed by atoms with Crippen LogP contribution in [0.15, 0.2) is 0 Å². The summed E-state index contributed by atoms with van der Waals surface area (Å²) in [5.74, 6) is -2.19. The van der Waals surface area contributed by atoms with E-state index in [-0.39, 0.29) is 62.5 Å². The van der Waals surface area contributed by atoms with E-state index in [9.17, 15) is 38.5 Å². The SMILES string of the molecule is O=C(CCN(CCCCCS(=O)(=O)O)CCN(CCCCCS(=O)(=O)O)CCCCS(=O)(=O)O)OCCCS(=O)(=O)O. The van der Waals surface area contributed by atoms with Crippen LogP contribution in [0.3, 0.4) is 0 Å². The topological polar surface area (TPSA) is 250 Å². The van der Waals surface area contributed by atoms with Crippen molar-refractivity contribution in [2.24, 2.45) is 0 Å². The molecule has 0 saturated heterocycles. The summed E-state index contributed by atoms with van der Waals surface area (Å²) in [5.41, 5.74) is 0. The van der Waals surface area contributed by atoms with Crippen molar-refractivity contribution in [3.05, 3.63) is 0 Å². The molecule has 0 aromatic rings. The Bertz CT molecular complexity index is 1190.